The van der Waals surface area contributed by atoms with Crippen LogP contribution in [-0.2, 0) is 11.2 Å². The van der Waals surface area contributed by atoms with E-state index < -0.39 is 0 Å². The molecule has 1 N–H and O–H groups in total. The van der Waals surface area contributed by atoms with Crippen LogP contribution in [0, 0.1) is 10.1 Å². The number of para-hydroxylation sites is 1. The molecular formula is C26H28N4O4. The molecule has 1 aliphatic rings. The molecule has 4 rings (SSSR count). The second-order valence-corrected chi connectivity index (χ2v) is 8.09. The molecule has 1 fully saturated rings. The molecule has 1 heterocycles. The zero-order valence-electron chi connectivity index (χ0n) is 18.9. The molecule has 1 amide bonds. The molecule has 1 saturated heterocycles. The molecule has 0 radical (unpaired) electrons. The third-order valence-corrected chi connectivity index (χ3v) is 5.85. The van der Waals surface area contributed by atoms with E-state index in [0.29, 0.717) is 44.2 Å². The number of hydrogen-bond acceptors (Lipinski definition) is 6. The molecule has 0 unspecified atom stereocenters. The van der Waals surface area contributed by atoms with E-state index in [0.717, 1.165) is 12.1 Å². The smallest absolute Gasteiger partial charge is 0.292 e. The SMILES string of the molecule is O=C(COc1ccccc1)N1CCN(c2ccc([N+](=O)[O-])c(NCCc3ccccc3)c2)CC1. The molecule has 0 bridgehead atoms. The minimum absolute atomic E-state index is 0.0109. The van der Waals surface area contributed by atoms with Gasteiger partial charge in [0.25, 0.3) is 11.6 Å². The summed E-state index contributed by atoms with van der Waals surface area (Å²) >= 11 is 0. The van der Waals surface area contributed by atoms with E-state index in [1.807, 2.05) is 66.7 Å². The van der Waals surface area contributed by atoms with Crippen molar-refractivity contribution in [3.8, 4) is 5.75 Å². The monoisotopic (exact) mass is 460 g/mol. The summed E-state index contributed by atoms with van der Waals surface area (Å²) in [4.78, 5) is 27.6. The Bertz CT molecular complexity index is 1100. The zero-order chi connectivity index (χ0) is 23.8. The number of nitro benzene ring substituents is 1. The predicted molar refractivity (Wildman–Crippen MR) is 132 cm³/mol. The largest absolute Gasteiger partial charge is 0.484 e. The predicted octanol–water partition coefficient (Wildman–Crippen LogP) is 3.98. The second-order valence-electron chi connectivity index (χ2n) is 8.09. The maximum atomic E-state index is 12.5. The molecule has 1 aliphatic heterocycles. The summed E-state index contributed by atoms with van der Waals surface area (Å²) in [7, 11) is 0. The molecule has 0 saturated carbocycles. The van der Waals surface area contributed by atoms with E-state index in [-0.39, 0.29) is 23.1 Å². The molecule has 0 atom stereocenters. The lowest BCUT2D eigenvalue weighted by atomic mass is 10.1. The Kier molecular flexibility index (Phi) is 7.60. The number of benzene rings is 3. The van der Waals surface area contributed by atoms with Gasteiger partial charge in [-0.05, 0) is 36.2 Å². The average Bonchev–Trinajstić information content (AvgIpc) is 2.88. The molecule has 3 aromatic rings. The van der Waals surface area contributed by atoms with Gasteiger partial charge >= 0.3 is 0 Å². The van der Waals surface area contributed by atoms with Gasteiger partial charge in [-0.3, -0.25) is 14.9 Å². The number of rotatable bonds is 9. The van der Waals surface area contributed by atoms with Crippen molar-refractivity contribution in [2.24, 2.45) is 0 Å². The molecule has 0 aliphatic carbocycles. The third kappa shape index (κ3) is 6.04. The van der Waals surface area contributed by atoms with E-state index in [9.17, 15) is 14.9 Å². The number of carbonyl (C=O) groups excluding carboxylic acids is 1. The first kappa shape index (κ1) is 23.1. The molecule has 0 spiro atoms. The Morgan fingerprint density at radius 1 is 0.941 bits per heavy atom. The topological polar surface area (TPSA) is 88.0 Å². The second kappa shape index (κ2) is 11.2. The number of nitrogens with zero attached hydrogens (tertiary/aromatic N) is 3. The minimum atomic E-state index is -0.363. The summed E-state index contributed by atoms with van der Waals surface area (Å²) < 4.78 is 5.58. The highest BCUT2D eigenvalue weighted by molar-refractivity contribution is 5.78. The normalized spacial score (nSPS) is 13.4. The Labute approximate surface area is 198 Å². The highest BCUT2D eigenvalue weighted by Gasteiger charge is 2.23. The summed E-state index contributed by atoms with van der Waals surface area (Å²) in [5.41, 5.74) is 2.64. The Hall–Kier alpha value is -4.07. The first-order chi connectivity index (χ1) is 16.6. The summed E-state index contributed by atoms with van der Waals surface area (Å²) in [5, 5.41) is 14.8. The van der Waals surface area contributed by atoms with Crippen molar-refractivity contribution in [2.75, 3.05) is 49.5 Å². The number of nitro groups is 1. The van der Waals surface area contributed by atoms with Crippen molar-refractivity contribution in [3.63, 3.8) is 0 Å². The van der Waals surface area contributed by atoms with E-state index in [1.165, 1.54) is 5.56 Å². The number of nitrogens with one attached hydrogen (secondary N) is 1. The molecule has 3 aromatic carbocycles. The van der Waals surface area contributed by atoms with E-state index in [4.69, 9.17) is 4.74 Å². The Morgan fingerprint density at radius 2 is 1.62 bits per heavy atom. The molecular weight excluding hydrogens is 432 g/mol. The maximum Gasteiger partial charge on any atom is 0.292 e. The fourth-order valence-corrected chi connectivity index (χ4v) is 3.97. The van der Waals surface area contributed by atoms with Crippen LogP contribution in [0.4, 0.5) is 17.1 Å². The van der Waals surface area contributed by atoms with Crippen molar-refractivity contribution in [1.29, 1.82) is 0 Å². The van der Waals surface area contributed by atoms with Gasteiger partial charge < -0.3 is 19.9 Å². The third-order valence-electron chi connectivity index (χ3n) is 5.85. The number of anilines is 2. The maximum absolute atomic E-state index is 12.5. The van der Waals surface area contributed by atoms with Crippen molar-refractivity contribution in [1.82, 2.24) is 4.90 Å². The van der Waals surface area contributed by atoms with Crippen LogP contribution in [0.3, 0.4) is 0 Å². The van der Waals surface area contributed by atoms with Gasteiger partial charge in [0.05, 0.1) is 4.92 Å². The van der Waals surface area contributed by atoms with E-state index in [2.05, 4.69) is 10.2 Å². The standard InChI is InChI=1S/C26H28N4O4/c31-26(20-34-23-9-5-2-6-10-23)29-17-15-28(16-18-29)22-11-12-25(30(32)33)24(19-22)27-14-13-21-7-3-1-4-8-21/h1-12,19,27H,13-18,20H2. The van der Waals surface area contributed by atoms with E-state index in [1.54, 1.807) is 17.0 Å². The van der Waals surface area contributed by atoms with Crippen molar-refractivity contribution >= 4 is 23.0 Å². The number of carbonyl (C=O) groups is 1. The van der Waals surface area contributed by atoms with Gasteiger partial charge in [-0.1, -0.05) is 48.5 Å². The van der Waals surface area contributed by atoms with Gasteiger partial charge in [-0.2, -0.15) is 0 Å². The Balaban J connectivity index is 1.33. The zero-order valence-corrected chi connectivity index (χ0v) is 18.9. The summed E-state index contributed by atoms with van der Waals surface area (Å²) in [6, 6.07) is 24.5. The van der Waals surface area contributed by atoms with Crippen LogP contribution in [-0.4, -0.2) is 55.1 Å². The molecule has 34 heavy (non-hydrogen) atoms. The van der Waals surface area contributed by atoms with Crippen LogP contribution in [0.2, 0.25) is 0 Å². The molecule has 0 aromatic heterocycles. The highest BCUT2D eigenvalue weighted by Crippen LogP contribution is 2.30. The van der Waals surface area contributed by atoms with Crippen LogP contribution in [0.5, 0.6) is 5.75 Å². The lowest BCUT2D eigenvalue weighted by Gasteiger charge is -2.36. The first-order valence-electron chi connectivity index (χ1n) is 11.4. The van der Waals surface area contributed by atoms with Gasteiger partial charge in [0.2, 0.25) is 0 Å². The fourth-order valence-electron chi connectivity index (χ4n) is 3.97. The quantitative estimate of drug-likeness (QED) is 0.384. The van der Waals surface area contributed by atoms with Gasteiger partial charge in [0.15, 0.2) is 6.61 Å². The van der Waals surface area contributed by atoms with Gasteiger partial charge in [0.1, 0.15) is 11.4 Å². The van der Waals surface area contributed by atoms with Crippen molar-refractivity contribution in [2.45, 2.75) is 6.42 Å². The van der Waals surface area contributed by atoms with Crippen LogP contribution >= 0.6 is 0 Å². The fraction of sp³-hybridized carbons (Fsp3) is 0.269. The van der Waals surface area contributed by atoms with Crippen LogP contribution < -0.4 is 15.0 Å². The molecule has 8 heteroatoms. The van der Waals surface area contributed by atoms with Crippen LogP contribution in [0.1, 0.15) is 5.56 Å². The summed E-state index contributed by atoms with van der Waals surface area (Å²) in [6.07, 6.45) is 0.772. The minimum Gasteiger partial charge on any atom is -0.484 e. The number of amides is 1. The Morgan fingerprint density at radius 3 is 2.29 bits per heavy atom. The number of piperazine rings is 1. The number of ether oxygens (including phenoxy) is 1. The van der Waals surface area contributed by atoms with E-state index >= 15 is 0 Å². The summed E-state index contributed by atoms with van der Waals surface area (Å²) in [6.45, 7) is 3.06. The molecule has 8 nitrogen and oxygen atoms in total. The van der Waals surface area contributed by atoms with Crippen molar-refractivity contribution < 1.29 is 14.5 Å². The summed E-state index contributed by atoms with van der Waals surface area (Å²) in [5.74, 6) is 0.628. The lowest BCUT2D eigenvalue weighted by molar-refractivity contribution is -0.383. The molecule has 176 valence electrons. The van der Waals surface area contributed by atoms with Gasteiger partial charge in [-0.25, -0.2) is 0 Å². The van der Waals surface area contributed by atoms with Gasteiger partial charge in [-0.15, -0.1) is 0 Å². The lowest BCUT2D eigenvalue weighted by Crippen LogP contribution is -2.50. The highest BCUT2D eigenvalue weighted by atomic mass is 16.6. The average molecular weight is 461 g/mol. The van der Waals surface area contributed by atoms with Crippen molar-refractivity contribution in [3.05, 3.63) is 94.5 Å². The van der Waals surface area contributed by atoms with Gasteiger partial charge in [0, 0.05) is 44.5 Å². The van der Waals surface area contributed by atoms with Crippen LogP contribution in [0.15, 0.2) is 78.9 Å². The number of hydrogen-bond donors (Lipinski definition) is 1. The first-order valence-corrected chi connectivity index (χ1v) is 11.4. The van der Waals surface area contributed by atoms with Crippen LogP contribution in [0.25, 0.3) is 0 Å².